The van der Waals surface area contributed by atoms with Gasteiger partial charge < -0.3 is 9.30 Å². The number of benzene rings is 3. The summed E-state index contributed by atoms with van der Waals surface area (Å²) in [5.74, 6) is -0.449. The minimum atomic E-state index is -0.449. The van der Waals surface area contributed by atoms with Crippen LogP contribution < -0.4 is 0 Å². The predicted octanol–water partition coefficient (Wildman–Crippen LogP) is 5.22. The third-order valence-electron chi connectivity index (χ3n) is 4.88. The highest BCUT2D eigenvalue weighted by Gasteiger charge is 2.25. The molecule has 4 rings (SSSR count). The monoisotopic (exact) mass is 391 g/mol. The lowest BCUT2D eigenvalue weighted by Gasteiger charge is -2.12. The van der Waals surface area contributed by atoms with Crippen molar-refractivity contribution >= 4 is 16.9 Å². The van der Waals surface area contributed by atoms with Crippen LogP contribution in [-0.4, -0.2) is 17.1 Å². The third kappa shape index (κ3) is 3.19. The van der Waals surface area contributed by atoms with E-state index in [9.17, 15) is 10.1 Å². The van der Waals surface area contributed by atoms with Gasteiger partial charge in [-0.05, 0) is 48.9 Å². The molecule has 0 atom stereocenters. The van der Waals surface area contributed by atoms with E-state index in [0.717, 1.165) is 22.0 Å². The molecule has 5 nitrogen and oxygen atoms in total. The molecule has 0 unspecified atom stereocenters. The van der Waals surface area contributed by atoms with Crippen LogP contribution >= 0.6 is 0 Å². The summed E-state index contributed by atoms with van der Waals surface area (Å²) in [5.41, 5.74) is 4.50. The van der Waals surface area contributed by atoms with E-state index < -0.39 is 5.97 Å². The van der Waals surface area contributed by atoms with Gasteiger partial charge in [-0.3, -0.25) is 0 Å². The molecule has 0 radical (unpaired) electrons. The number of fused-ring (bicyclic) bond motifs is 1. The van der Waals surface area contributed by atoms with E-state index in [0.29, 0.717) is 22.5 Å². The van der Waals surface area contributed by atoms with Crippen molar-refractivity contribution in [2.75, 3.05) is 6.61 Å². The Morgan fingerprint density at radius 3 is 2.37 bits per heavy atom. The van der Waals surface area contributed by atoms with Crippen LogP contribution in [0.1, 0.15) is 28.5 Å². The van der Waals surface area contributed by atoms with Gasteiger partial charge >= 0.3 is 5.97 Å². The Labute approximate surface area is 174 Å². The van der Waals surface area contributed by atoms with Crippen LogP contribution in [0.15, 0.2) is 72.8 Å². The molecule has 0 bridgehead atoms. The molecule has 0 saturated heterocycles. The first-order chi connectivity index (χ1) is 14.7. The van der Waals surface area contributed by atoms with Gasteiger partial charge in [0.05, 0.1) is 35.4 Å². The van der Waals surface area contributed by atoms with Crippen LogP contribution in [-0.2, 0) is 4.74 Å². The Hall–Kier alpha value is -4.35. The molecule has 1 heterocycles. The van der Waals surface area contributed by atoms with Crippen LogP contribution in [0.5, 0.6) is 0 Å². The van der Waals surface area contributed by atoms with Crippen LogP contribution in [0.2, 0.25) is 0 Å². The molecule has 0 amide bonds. The minimum absolute atomic E-state index is 0.241. The van der Waals surface area contributed by atoms with Gasteiger partial charge in [0.15, 0.2) is 0 Å². The van der Waals surface area contributed by atoms with E-state index in [-0.39, 0.29) is 6.61 Å². The van der Waals surface area contributed by atoms with Crippen molar-refractivity contribution in [1.82, 2.24) is 4.57 Å². The Bertz CT molecular complexity index is 1340. The minimum Gasteiger partial charge on any atom is -0.461 e. The summed E-state index contributed by atoms with van der Waals surface area (Å²) in [6.45, 7) is 2.01. The number of carbonyl (C=O) groups excluding carboxylic acids is 1. The molecule has 0 aliphatic carbocycles. The molecular weight excluding hydrogens is 374 g/mol. The maximum absolute atomic E-state index is 13.1. The first-order valence-electron chi connectivity index (χ1n) is 9.49. The Morgan fingerprint density at radius 2 is 1.67 bits per heavy atom. The standard InChI is InChI=1S/C25H17N3O2/c1-2-30-25(29)24-23(19-12-10-17(15-26)11-13-19)21-8-3-4-9-22(21)28(24)20-7-5-6-18(14-20)16-27/h3-14H,2H2,1H3. The molecule has 3 aromatic carbocycles. The van der Waals surface area contributed by atoms with Gasteiger partial charge in [-0.15, -0.1) is 0 Å². The van der Waals surface area contributed by atoms with E-state index in [2.05, 4.69) is 12.1 Å². The third-order valence-corrected chi connectivity index (χ3v) is 4.88. The summed E-state index contributed by atoms with van der Waals surface area (Å²) in [4.78, 5) is 13.1. The van der Waals surface area contributed by atoms with Gasteiger partial charge in [-0.25, -0.2) is 4.79 Å². The van der Waals surface area contributed by atoms with E-state index >= 15 is 0 Å². The van der Waals surface area contributed by atoms with E-state index in [1.54, 1.807) is 37.3 Å². The number of carbonyl (C=O) groups is 1. The second-order valence-corrected chi connectivity index (χ2v) is 6.65. The lowest BCUT2D eigenvalue weighted by atomic mass is 10.0. The second-order valence-electron chi connectivity index (χ2n) is 6.65. The van der Waals surface area contributed by atoms with Crippen molar-refractivity contribution in [3.05, 3.63) is 89.6 Å². The van der Waals surface area contributed by atoms with Crippen LogP contribution in [0.3, 0.4) is 0 Å². The molecule has 0 fully saturated rings. The highest BCUT2D eigenvalue weighted by Crippen LogP contribution is 2.37. The number of nitriles is 2. The van der Waals surface area contributed by atoms with Gasteiger partial charge in [0.1, 0.15) is 5.69 Å². The van der Waals surface area contributed by atoms with Crippen molar-refractivity contribution in [3.8, 4) is 29.0 Å². The van der Waals surface area contributed by atoms with Crippen molar-refractivity contribution in [3.63, 3.8) is 0 Å². The van der Waals surface area contributed by atoms with Crippen LogP contribution in [0, 0.1) is 22.7 Å². The lowest BCUT2D eigenvalue weighted by molar-refractivity contribution is 0.0518. The summed E-state index contributed by atoms with van der Waals surface area (Å²) in [5, 5.41) is 19.4. The number of ether oxygens (including phenoxy) is 1. The average Bonchev–Trinajstić information content (AvgIpc) is 3.14. The maximum Gasteiger partial charge on any atom is 0.355 e. The summed E-state index contributed by atoms with van der Waals surface area (Å²) in [7, 11) is 0. The van der Waals surface area contributed by atoms with E-state index in [1.165, 1.54) is 0 Å². The Balaban J connectivity index is 2.10. The predicted molar refractivity (Wildman–Crippen MR) is 114 cm³/mol. The molecule has 1 aromatic heterocycles. The van der Waals surface area contributed by atoms with Gasteiger partial charge in [-0.1, -0.05) is 36.4 Å². The fourth-order valence-corrected chi connectivity index (χ4v) is 3.62. The van der Waals surface area contributed by atoms with Crippen molar-refractivity contribution in [1.29, 1.82) is 10.5 Å². The zero-order valence-electron chi connectivity index (χ0n) is 16.3. The summed E-state index contributed by atoms with van der Waals surface area (Å²) in [6.07, 6.45) is 0. The molecular formula is C25H17N3O2. The first kappa shape index (κ1) is 19.0. The normalized spacial score (nSPS) is 10.4. The second kappa shape index (κ2) is 7.95. The summed E-state index contributed by atoms with van der Waals surface area (Å²) in [6, 6.07) is 26.2. The van der Waals surface area contributed by atoms with E-state index in [4.69, 9.17) is 10.00 Å². The van der Waals surface area contributed by atoms with Gasteiger partial charge in [-0.2, -0.15) is 10.5 Å². The van der Waals surface area contributed by atoms with Crippen molar-refractivity contribution in [2.45, 2.75) is 6.92 Å². The number of hydrogen-bond acceptors (Lipinski definition) is 4. The molecule has 0 aliphatic rings. The topological polar surface area (TPSA) is 78.8 Å². The van der Waals surface area contributed by atoms with Gasteiger partial charge in [0.25, 0.3) is 0 Å². The quantitative estimate of drug-likeness (QED) is 0.447. The van der Waals surface area contributed by atoms with Gasteiger partial charge in [0.2, 0.25) is 0 Å². The zero-order chi connectivity index (χ0) is 21.1. The highest BCUT2D eigenvalue weighted by molar-refractivity contribution is 6.09. The number of aromatic nitrogens is 1. The highest BCUT2D eigenvalue weighted by atomic mass is 16.5. The number of para-hydroxylation sites is 1. The summed E-state index contributed by atoms with van der Waals surface area (Å²) < 4.78 is 7.24. The van der Waals surface area contributed by atoms with Crippen molar-refractivity contribution < 1.29 is 9.53 Å². The molecule has 4 aromatic rings. The Kier molecular flexibility index (Phi) is 5.03. The molecule has 30 heavy (non-hydrogen) atoms. The van der Waals surface area contributed by atoms with E-state index in [1.807, 2.05) is 47.0 Å². The Morgan fingerprint density at radius 1 is 0.933 bits per heavy atom. The smallest absolute Gasteiger partial charge is 0.355 e. The average molecular weight is 391 g/mol. The maximum atomic E-state index is 13.1. The SMILES string of the molecule is CCOC(=O)c1c(-c2ccc(C#N)cc2)c2ccccc2n1-c1cccc(C#N)c1. The lowest BCUT2D eigenvalue weighted by Crippen LogP contribution is -2.12. The zero-order valence-corrected chi connectivity index (χ0v) is 16.3. The van der Waals surface area contributed by atoms with Gasteiger partial charge in [0, 0.05) is 16.6 Å². The fourth-order valence-electron chi connectivity index (χ4n) is 3.62. The van der Waals surface area contributed by atoms with Crippen LogP contribution in [0.25, 0.3) is 27.7 Å². The van der Waals surface area contributed by atoms with Crippen molar-refractivity contribution in [2.24, 2.45) is 0 Å². The molecule has 5 heteroatoms. The number of nitrogens with zero attached hydrogens (tertiary/aromatic N) is 3. The number of rotatable bonds is 4. The molecule has 0 N–H and O–H groups in total. The molecule has 144 valence electrons. The summed E-state index contributed by atoms with van der Waals surface area (Å²) >= 11 is 0. The molecule has 0 spiro atoms. The fraction of sp³-hybridized carbons (Fsp3) is 0.0800. The number of hydrogen-bond donors (Lipinski definition) is 0. The molecule has 0 saturated carbocycles. The number of esters is 1. The van der Waals surface area contributed by atoms with Crippen LogP contribution in [0.4, 0.5) is 0 Å². The first-order valence-corrected chi connectivity index (χ1v) is 9.49. The largest absolute Gasteiger partial charge is 0.461 e. The molecule has 0 aliphatic heterocycles.